The molecule has 0 rings (SSSR count). The molecule has 0 fully saturated rings. The average molecular weight is 466 g/mol. The first-order chi connectivity index (χ1) is 10.4. The SMILES string of the molecule is NCCN.NCCN.O=C([O-])CCl.O=C([O-])CCl.[Co+3].[O-][Cl+3]([O-])([O-])[O-]. The van der Waals surface area contributed by atoms with Crippen LogP contribution < -0.4 is 51.8 Å². The van der Waals surface area contributed by atoms with Gasteiger partial charge in [0.15, 0.2) is 0 Å². The van der Waals surface area contributed by atoms with Crippen molar-refractivity contribution in [2.24, 2.45) is 22.9 Å². The van der Waals surface area contributed by atoms with E-state index in [1.54, 1.807) is 0 Å². The van der Waals surface area contributed by atoms with Gasteiger partial charge in [0.05, 0.1) is 23.7 Å². The van der Waals surface area contributed by atoms with E-state index in [9.17, 15) is 0 Å². The molecule has 0 aliphatic rings. The molecule has 0 aromatic heterocycles. The van der Waals surface area contributed by atoms with Gasteiger partial charge in [0.1, 0.15) is 0 Å². The Bertz CT molecular complexity index is 224. The van der Waals surface area contributed by atoms with Crippen molar-refractivity contribution in [1.29, 1.82) is 0 Å². The Hall–Kier alpha value is -0.00351. The van der Waals surface area contributed by atoms with Gasteiger partial charge in [-0.25, -0.2) is 18.6 Å². The van der Waals surface area contributed by atoms with Gasteiger partial charge in [-0.1, -0.05) is 0 Å². The standard InChI is InChI=1S/2C2H3ClO2.2C2H8N2.ClHO4.Co/c2*3-1-2(4)5;2*3-1-2-4;2-1(3,4)5;/h2*1H2,(H,4,5);2*1-4H2;(H,2,3,4,5);/q;;;;;+3/p-3. The second kappa shape index (κ2) is 34.4. The first-order valence-corrected chi connectivity index (χ1v) is 7.61. The number of nitrogens with two attached hydrogens (primary N) is 4. The fourth-order valence-corrected chi connectivity index (χ4v) is 0. The van der Waals surface area contributed by atoms with Crippen molar-refractivity contribution in [2.45, 2.75) is 0 Å². The summed E-state index contributed by atoms with van der Waals surface area (Å²) in [5.74, 6) is -3.29. The number of rotatable bonds is 4. The quantitative estimate of drug-likeness (QED) is 0.281. The maximum absolute atomic E-state index is 9.12. The van der Waals surface area contributed by atoms with Crippen molar-refractivity contribution in [1.82, 2.24) is 0 Å². The van der Waals surface area contributed by atoms with Gasteiger partial charge >= 0.3 is 16.8 Å². The van der Waals surface area contributed by atoms with Gasteiger partial charge in [-0.3, -0.25) is 0 Å². The van der Waals surface area contributed by atoms with E-state index in [4.69, 9.17) is 61.4 Å². The molecule has 0 aromatic rings. The minimum atomic E-state index is -4.94. The van der Waals surface area contributed by atoms with Gasteiger partial charge in [-0.2, -0.15) is 0 Å². The summed E-state index contributed by atoms with van der Waals surface area (Å²) in [6, 6.07) is 0. The van der Waals surface area contributed by atoms with Crippen molar-refractivity contribution in [3.8, 4) is 0 Å². The van der Waals surface area contributed by atoms with E-state index in [2.05, 4.69) is 23.2 Å². The summed E-state index contributed by atoms with van der Waals surface area (Å²) in [7, 11) is -4.94. The predicted octanol–water partition coefficient (Wildman–Crippen LogP) is -9.00. The number of aliphatic carboxylic acids is 2. The molecule has 0 saturated heterocycles. The summed E-state index contributed by atoms with van der Waals surface area (Å²) in [6.45, 7) is 2.39. The van der Waals surface area contributed by atoms with Gasteiger partial charge in [-0.05, 0) is 0 Å². The van der Waals surface area contributed by atoms with Crippen LogP contribution in [0.15, 0.2) is 0 Å². The summed E-state index contributed by atoms with van der Waals surface area (Å²) in [4.78, 5) is 18.2. The third-order valence-corrected chi connectivity index (χ3v) is 0.988. The molecule has 16 heteroatoms. The number of carboxylic acid groups (broad SMARTS) is 2. The molecule has 0 heterocycles. The average Bonchev–Trinajstić information content (AvgIpc) is 2.46. The minimum Gasteiger partial charge on any atom is -0.549 e. The normalized spacial score (nSPS) is 8.08. The van der Waals surface area contributed by atoms with Crippen LogP contribution in [0.3, 0.4) is 0 Å². The molecule has 0 aliphatic carbocycles. The fourth-order valence-electron chi connectivity index (χ4n) is 0. The molecule has 8 N–H and O–H groups in total. The Labute approximate surface area is 161 Å². The molecule has 0 spiro atoms. The molecule has 0 atom stereocenters. The van der Waals surface area contributed by atoms with Gasteiger partial charge in [0, 0.05) is 26.2 Å². The van der Waals surface area contributed by atoms with Crippen LogP contribution in [0.5, 0.6) is 0 Å². The minimum absolute atomic E-state index is 0. The van der Waals surface area contributed by atoms with E-state index in [-0.39, 0.29) is 16.8 Å². The van der Waals surface area contributed by atoms with Crippen LogP contribution in [-0.2, 0) is 26.4 Å². The van der Waals surface area contributed by atoms with Crippen LogP contribution >= 0.6 is 23.2 Å². The Balaban J connectivity index is -0.0000000419. The monoisotopic (exact) mass is 464 g/mol. The Morgan fingerprint density at radius 2 is 0.792 bits per heavy atom. The third-order valence-electron chi connectivity index (χ3n) is 0.552. The van der Waals surface area contributed by atoms with Crippen LogP contribution in [0.1, 0.15) is 0 Å². The molecule has 0 aromatic carbocycles. The topological polar surface area (TPSA) is 277 Å². The summed E-state index contributed by atoms with van der Waals surface area (Å²) in [5, 5.41) is 18.2. The Kier molecular flexibility index (Phi) is 56.1. The van der Waals surface area contributed by atoms with Crippen molar-refractivity contribution in [3.05, 3.63) is 0 Å². The van der Waals surface area contributed by atoms with E-state index in [1.165, 1.54) is 0 Å². The van der Waals surface area contributed by atoms with Crippen molar-refractivity contribution >= 4 is 35.1 Å². The molecule has 0 unspecified atom stereocenters. The number of alkyl halides is 2. The summed E-state index contributed by atoms with van der Waals surface area (Å²) in [5.41, 5.74) is 19.6. The Morgan fingerprint density at radius 1 is 0.708 bits per heavy atom. The maximum atomic E-state index is 9.12. The predicted molar refractivity (Wildman–Crippen MR) is 67.7 cm³/mol. The number of carbonyl (C=O) groups is 2. The fraction of sp³-hybridized carbons (Fsp3) is 0.750. The molecular formula is C8H20Cl3CoN4O8. The van der Waals surface area contributed by atoms with Gasteiger partial charge < -0.3 is 42.7 Å². The van der Waals surface area contributed by atoms with Crippen LogP contribution in [0, 0.1) is 10.2 Å². The molecule has 0 saturated carbocycles. The molecule has 0 radical (unpaired) electrons. The van der Waals surface area contributed by atoms with Gasteiger partial charge in [-0.15, -0.1) is 33.4 Å². The second-order valence-corrected chi connectivity index (χ2v) is 3.83. The maximum Gasteiger partial charge on any atom is 3.00 e. The van der Waals surface area contributed by atoms with Crippen molar-refractivity contribution in [2.75, 3.05) is 37.9 Å². The zero-order valence-corrected chi connectivity index (χ0v) is 15.6. The third kappa shape index (κ3) is 270. The van der Waals surface area contributed by atoms with Crippen LogP contribution in [0.2, 0.25) is 0 Å². The molecule has 12 nitrogen and oxygen atoms in total. The van der Waals surface area contributed by atoms with Crippen molar-refractivity contribution < 1.29 is 65.5 Å². The van der Waals surface area contributed by atoms with Gasteiger partial charge in [0.2, 0.25) is 0 Å². The first kappa shape index (κ1) is 39.2. The number of carboxylic acids is 2. The zero-order valence-electron chi connectivity index (χ0n) is 12.3. The van der Waals surface area contributed by atoms with E-state index >= 15 is 0 Å². The number of hydrogen-bond acceptors (Lipinski definition) is 12. The molecule has 0 aliphatic heterocycles. The van der Waals surface area contributed by atoms with Crippen molar-refractivity contribution in [3.63, 3.8) is 0 Å². The molecule has 0 bridgehead atoms. The van der Waals surface area contributed by atoms with Crippen LogP contribution in [0.25, 0.3) is 0 Å². The number of carbonyl (C=O) groups excluding carboxylic acids is 2. The van der Waals surface area contributed by atoms with Crippen LogP contribution in [-0.4, -0.2) is 49.9 Å². The number of hydrogen-bond donors (Lipinski definition) is 4. The smallest absolute Gasteiger partial charge is 0.549 e. The molecule has 24 heavy (non-hydrogen) atoms. The summed E-state index contributed by atoms with van der Waals surface area (Å²) in [6.07, 6.45) is 0. The second-order valence-electron chi connectivity index (χ2n) is 2.54. The largest absolute Gasteiger partial charge is 3.00 e. The molecule has 150 valence electrons. The van der Waals surface area contributed by atoms with E-state index in [1.807, 2.05) is 0 Å². The molecule has 0 amide bonds. The zero-order chi connectivity index (χ0) is 19.9. The summed E-state index contributed by atoms with van der Waals surface area (Å²) >= 11 is 9.35. The molecular weight excluding hydrogens is 445 g/mol. The van der Waals surface area contributed by atoms with E-state index < -0.39 is 33.9 Å². The van der Waals surface area contributed by atoms with Gasteiger partial charge in [0.25, 0.3) is 0 Å². The Morgan fingerprint density at radius 3 is 0.792 bits per heavy atom. The summed E-state index contributed by atoms with van der Waals surface area (Å²) < 4.78 is 34.0. The first-order valence-electron chi connectivity index (χ1n) is 5.31. The van der Waals surface area contributed by atoms with E-state index in [0.29, 0.717) is 26.2 Å². The number of halogens is 3. The van der Waals surface area contributed by atoms with E-state index in [0.717, 1.165) is 0 Å². The van der Waals surface area contributed by atoms with Crippen LogP contribution in [0.4, 0.5) is 0 Å².